The number of nitrogens with one attached hydrogen (secondary N) is 3. The molecule has 3 N–H and O–H groups in total. The van der Waals surface area contributed by atoms with E-state index in [4.69, 9.17) is 0 Å². The summed E-state index contributed by atoms with van der Waals surface area (Å²) in [5.74, 6) is 2.39. The van der Waals surface area contributed by atoms with Gasteiger partial charge in [0.05, 0.1) is 11.7 Å². The van der Waals surface area contributed by atoms with Gasteiger partial charge in [-0.2, -0.15) is 8.75 Å². The first-order chi connectivity index (χ1) is 16.1. The van der Waals surface area contributed by atoms with Crippen LogP contribution in [0.4, 0.5) is 28.8 Å². The number of aryl methyl sites for hydroxylation is 1. The van der Waals surface area contributed by atoms with Gasteiger partial charge in [-0.25, -0.2) is 15.0 Å². The van der Waals surface area contributed by atoms with E-state index in [-0.39, 0.29) is 5.91 Å². The Morgan fingerprint density at radius 2 is 1.55 bits per heavy atom. The van der Waals surface area contributed by atoms with Crippen molar-refractivity contribution in [2.24, 2.45) is 0 Å². The molecule has 0 fully saturated rings. The molecule has 1 amide bonds. The maximum absolute atomic E-state index is 12.6. The maximum atomic E-state index is 12.6. The number of nitrogens with zero attached hydrogens (tertiary/aromatic N) is 5. The first-order valence-corrected chi connectivity index (χ1v) is 10.8. The van der Waals surface area contributed by atoms with Crippen LogP contribution in [0.15, 0.2) is 72.9 Å². The highest BCUT2D eigenvalue weighted by Gasteiger charge is 2.09. The summed E-state index contributed by atoms with van der Waals surface area (Å²) in [6.07, 6.45) is 1.71. The van der Waals surface area contributed by atoms with Gasteiger partial charge in [-0.1, -0.05) is 6.07 Å². The lowest BCUT2D eigenvalue weighted by Crippen LogP contribution is -2.11. The monoisotopic (exact) mass is 454 g/mol. The molecule has 0 aliphatic rings. The smallest absolute Gasteiger partial charge is 0.255 e. The molecule has 33 heavy (non-hydrogen) atoms. The predicted octanol–water partition coefficient (Wildman–Crippen LogP) is 4.92. The molecular formula is C23H18N8OS. The molecule has 162 valence electrons. The van der Waals surface area contributed by atoms with E-state index in [9.17, 15) is 4.79 Å². The molecule has 0 aliphatic heterocycles. The number of benzene rings is 2. The number of anilines is 5. The summed E-state index contributed by atoms with van der Waals surface area (Å²) >= 11 is 1.13. The summed E-state index contributed by atoms with van der Waals surface area (Å²) in [5.41, 5.74) is 3.53. The SMILES string of the molecule is Cc1nc(Nc2ccc(NC(=O)c3ccc4nsnc4c3)cc2)cc(Nc2ccccn2)n1. The van der Waals surface area contributed by atoms with Crippen molar-refractivity contribution < 1.29 is 4.79 Å². The summed E-state index contributed by atoms with van der Waals surface area (Å²) in [4.78, 5) is 25.7. The molecule has 0 bridgehead atoms. The Labute approximate surface area is 193 Å². The Balaban J connectivity index is 1.26. The Morgan fingerprint density at radius 1 is 0.788 bits per heavy atom. The number of hydrogen-bond acceptors (Lipinski definition) is 9. The minimum atomic E-state index is -0.206. The Bertz CT molecular complexity index is 1420. The van der Waals surface area contributed by atoms with Crippen molar-refractivity contribution in [2.75, 3.05) is 16.0 Å². The predicted molar refractivity (Wildman–Crippen MR) is 129 cm³/mol. The van der Waals surface area contributed by atoms with E-state index in [0.29, 0.717) is 40.0 Å². The Hall–Kier alpha value is -4.44. The molecule has 0 saturated carbocycles. The molecule has 5 aromatic rings. The molecule has 9 nitrogen and oxygen atoms in total. The van der Waals surface area contributed by atoms with E-state index in [1.54, 1.807) is 30.5 Å². The van der Waals surface area contributed by atoms with Crippen LogP contribution in [0.3, 0.4) is 0 Å². The summed E-state index contributed by atoms with van der Waals surface area (Å²) < 4.78 is 8.33. The third-order valence-electron chi connectivity index (χ3n) is 4.69. The second-order valence-electron chi connectivity index (χ2n) is 7.15. The second-order valence-corrected chi connectivity index (χ2v) is 7.68. The number of carbonyl (C=O) groups excluding carboxylic acids is 1. The number of aromatic nitrogens is 5. The molecule has 3 aromatic heterocycles. The van der Waals surface area contributed by atoms with E-state index in [1.165, 1.54) is 0 Å². The number of fused-ring (bicyclic) bond motifs is 1. The highest BCUT2D eigenvalue weighted by Crippen LogP contribution is 2.22. The largest absolute Gasteiger partial charge is 0.340 e. The van der Waals surface area contributed by atoms with Crippen LogP contribution in [-0.2, 0) is 0 Å². The third-order valence-corrected chi connectivity index (χ3v) is 5.25. The Morgan fingerprint density at radius 3 is 2.33 bits per heavy atom. The summed E-state index contributed by atoms with van der Waals surface area (Å²) in [7, 11) is 0. The van der Waals surface area contributed by atoms with E-state index >= 15 is 0 Å². The van der Waals surface area contributed by atoms with Crippen molar-refractivity contribution in [1.82, 2.24) is 23.7 Å². The molecule has 3 heterocycles. The lowest BCUT2D eigenvalue weighted by atomic mass is 10.2. The molecule has 0 aliphatic carbocycles. The topological polar surface area (TPSA) is 118 Å². The van der Waals surface area contributed by atoms with Gasteiger partial charge in [0.25, 0.3) is 5.91 Å². The van der Waals surface area contributed by atoms with Gasteiger partial charge < -0.3 is 16.0 Å². The number of pyridine rings is 1. The van der Waals surface area contributed by atoms with Gasteiger partial charge in [0.1, 0.15) is 34.3 Å². The molecule has 2 aromatic carbocycles. The van der Waals surface area contributed by atoms with Crippen LogP contribution in [-0.4, -0.2) is 29.6 Å². The molecular weight excluding hydrogens is 436 g/mol. The lowest BCUT2D eigenvalue weighted by molar-refractivity contribution is 0.102. The van der Waals surface area contributed by atoms with Crippen LogP contribution < -0.4 is 16.0 Å². The molecule has 10 heteroatoms. The van der Waals surface area contributed by atoms with Crippen molar-refractivity contribution in [1.29, 1.82) is 0 Å². The average Bonchev–Trinajstić information content (AvgIpc) is 3.29. The number of rotatable bonds is 6. The van der Waals surface area contributed by atoms with Gasteiger partial charge in [0.2, 0.25) is 0 Å². The Kier molecular flexibility index (Phi) is 5.56. The number of amides is 1. The summed E-state index contributed by atoms with van der Waals surface area (Å²) in [5, 5.41) is 9.33. The zero-order valence-corrected chi connectivity index (χ0v) is 18.3. The van der Waals surface area contributed by atoms with Gasteiger partial charge in [0, 0.05) is 29.2 Å². The molecule has 0 saturated heterocycles. The van der Waals surface area contributed by atoms with Crippen molar-refractivity contribution in [2.45, 2.75) is 6.92 Å². The fraction of sp³-hybridized carbons (Fsp3) is 0.0435. The van der Waals surface area contributed by atoms with Gasteiger partial charge in [-0.05, 0) is 61.5 Å². The summed E-state index contributed by atoms with van der Waals surface area (Å²) in [6, 6.07) is 20.1. The number of hydrogen-bond donors (Lipinski definition) is 3. The molecule has 0 atom stereocenters. The second kappa shape index (κ2) is 8.97. The van der Waals surface area contributed by atoms with Gasteiger partial charge in [-0.15, -0.1) is 0 Å². The fourth-order valence-corrected chi connectivity index (χ4v) is 3.69. The van der Waals surface area contributed by atoms with Crippen LogP contribution >= 0.6 is 11.7 Å². The van der Waals surface area contributed by atoms with Crippen LogP contribution in [0.5, 0.6) is 0 Å². The minimum absolute atomic E-state index is 0.206. The quantitative estimate of drug-likeness (QED) is 0.331. The molecule has 0 spiro atoms. The molecule has 5 rings (SSSR count). The zero-order chi connectivity index (χ0) is 22.6. The van der Waals surface area contributed by atoms with Gasteiger partial charge in [-0.3, -0.25) is 4.79 Å². The first-order valence-electron chi connectivity index (χ1n) is 10.1. The lowest BCUT2D eigenvalue weighted by Gasteiger charge is -2.11. The minimum Gasteiger partial charge on any atom is -0.340 e. The fourth-order valence-electron chi connectivity index (χ4n) is 3.18. The third kappa shape index (κ3) is 4.91. The highest BCUT2D eigenvalue weighted by atomic mass is 32.1. The van der Waals surface area contributed by atoms with Crippen LogP contribution in [0, 0.1) is 6.92 Å². The maximum Gasteiger partial charge on any atom is 0.255 e. The van der Waals surface area contributed by atoms with Gasteiger partial charge in [0.15, 0.2) is 0 Å². The van der Waals surface area contributed by atoms with Crippen molar-refractivity contribution in [3.05, 3.63) is 84.3 Å². The number of carbonyl (C=O) groups is 1. The average molecular weight is 455 g/mol. The van der Waals surface area contributed by atoms with Gasteiger partial charge >= 0.3 is 0 Å². The van der Waals surface area contributed by atoms with Crippen molar-refractivity contribution in [3.63, 3.8) is 0 Å². The molecule has 0 unspecified atom stereocenters. The highest BCUT2D eigenvalue weighted by molar-refractivity contribution is 7.00. The van der Waals surface area contributed by atoms with E-state index < -0.39 is 0 Å². The van der Waals surface area contributed by atoms with E-state index in [2.05, 4.69) is 39.6 Å². The zero-order valence-electron chi connectivity index (χ0n) is 17.5. The van der Waals surface area contributed by atoms with Crippen LogP contribution in [0.25, 0.3) is 11.0 Å². The normalized spacial score (nSPS) is 10.7. The van der Waals surface area contributed by atoms with Crippen molar-refractivity contribution >= 4 is 57.5 Å². The van der Waals surface area contributed by atoms with Crippen LogP contribution in [0.1, 0.15) is 16.2 Å². The van der Waals surface area contributed by atoms with E-state index in [0.717, 1.165) is 22.9 Å². The standard InChI is InChI=1S/C23H18N8OS/c1-14-25-21(13-22(26-14)29-20-4-2-3-11-24-20)27-16-6-8-17(9-7-16)28-23(32)15-5-10-18-19(12-15)31-33-30-18/h2-13H,1H3,(H,28,32)(H2,24,25,26,27,29). The first kappa shape index (κ1) is 20.5. The van der Waals surface area contributed by atoms with E-state index in [1.807, 2.05) is 49.4 Å². The molecule has 0 radical (unpaired) electrons. The summed E-state index contributed by atoms with van der Waals surface area (Å²) in [6.45, 7) is 1.83. The van der Waals surface area contributed by atoms with Crippen molar-refractivity contribution in [3.8, 4) is 0 Å². The van der Waals surface area contributed by atoms with Crippen LogP contribution in [0.2, 0.25) is 0 Å².